The van der Waals surface area contributed by atoms with Crippen molar-refractivity contribution in [1.82, 2.24) is 0 Å². The molecule has 0 amide bonds. The van der Waals surface area contributed by atoms with E-state index in [2.05, 4.69) is 0 Å². The molecule has 86 valence electrons. The molecule has 0 bridgehead atoms. The summed E-state index contributed by atoms with van der Waals surface area (Å²) >= 11 is 0. The van der Waals surface area contributed by atoms with Gasteiger partial charge in [0.05, 0.1) is 32.4 Å². The molecule has 0 saturated heterocycles. The highest BCUT2D eigenvalue weighted by atomic mass is 32.2. The van der Waals surface area contributed by atoms with Crippen molar-refractivity contribution in [3.8, 4) is 0 Å². The number of hydrogen-bond acceptors (Lipinski definition) is 4. The molecule has 0 saturated carbocycles. The maximum Gasteiger partial charge on any atom is 0.103 e. The number of nitrogens with two attached hydrogens (primary N) is 1. The molecule has 0 radical (unpaired) electrons. The van der Waals surface area contributed by atoms with E-state index in [1.54, 1.807) is 0 Å². The van der Waals surface area contributed by atoms with Gasteiger partial charge in [-0.1, -0.05) is 0 Å². The molecule has 0 aromatic carbocycles. The molecular formula is C8H20N2O3S. The molecule has 0 fully saturated rings. The number of nitrogens with zero attached hydrogens (tertiary/aromatic N) is 1. The summed E-state index contributed by atoms with van der Waals surface area (Å²) in [5.41, 5.74) is 5.36. The molecule has 0 aromatic heterocycles. The van der Waals surface area contributed by atoms with Crippen molar-refractivity contribution in [1.29, 1.82) is 0 Å². The minimum atomic E-state index is -4.16. The summed E-state index contributed by atoms with van der Waals surface area (Å²) in [5.74, 6) is 0. The molecule has 0 heterocycles. The van der Waals surface area contributed by atoms with Crippen LogP contribution in [0.4, 0.5) is 0 Å². The van der Waals surface area contributed by atoms with Crippen LogP contribution in [-0.2, 0) is 10.1 Å². The summed E-state index contributed by atoms with van der Waals surface area (Å²) in [4.78, 5) is 0. The summed E-state index contributed by atoms with van der Waals surface area (Å²) in [6, 6.07) is 0. The molecule has 2 N–H and O–H groups in total. The Kier molecular flexibility index (Phi) is 5.00. The molecule has 14 heavy (non-hydrogen) atoms. The quantitative estimate of drug-likeness (QED) is 0.480. The van der Waals surface area contributed by atoms with Crippen LogP contribution in [0.15, 0.2) is 0 Å². The molecule has 1 atom stereocenters. The first kappa shape index (κ1) is 13.8. The second-order valence-corrected chi connectivity index (χ2v) is 6.08. The van der Waals surface area contributed by atoms with E-state index in [1.807, 2.05) is 14.1 Å². The monoisotopic (exact) mass is 224 g/mol. The van der Waals surface area contributed by atoms with Crippen molar-refractivity contribution < 1.29 is 17.5 Å². The molecule has 0 aliphatic heterocycles. The second-order valence-electron chi connectivity index (χ2n) is 4.29. The van der Waals surface area contributed by atoms with Gasteiger partial charge in [-0.15, -0.1) is 0 Å². The molecular weight excluding hydrogens is 204 g/mol. The van der Waals surface area contributed by atoms with Crippen LogP contribution in [0.1, 0.15) is 13.3 Å². The van der Waals surface area contributed by atoms with Gasteiger partial charge in [-0.2, -0.15) is 0 Å². The van der Waals surface area contributed by atoms with Gasteiger partial charge in [0.25, 0.3) is 0 Å². The van der Waals surface area contributed by atoms with E-state index in [9.17, 15) is 13.0 Å². The van der Waals surface area contributed by atoms with Gasteiger partial charge in [0, 0.05) is 6.42 Å². The predicted molar refractivity (Wildman–Crippen MR) is 54.7 cm³/mol. The van der Waals surface area contributed by atoms with Crippen LogP contribution in [0.2, 0.25) is 0 Å². The summed E-state index contributed by atoms with van der Waals surface area (Å²) in [7, 11) is -0.358. The topological polar surface area (TPSA) is 83.2 Å². The van der Waals surface area contributed by atoms with Gasteiger partial charge in [-0.05, 0) is 13.5 Å². The van der Waals surface area contributed by atoms with E-state index in [0.717, 1.165) is 13.0 Å². The lowest BCUT2D eigenvalue weighted by Gasteiger charge is -2.33. The highest BCUT2D eigenvalue weighted by Crippen LogP contribution is 2.06. The number of hydrogen-bond donors (Lipinski definition) is 1. The Labute approximate surface area is 86.2 Å². The third-order valence-corrected chi connectivity index (χ3v) is 3.35. The van der Waals surface area contributed by atoms with Crippen LogP contribution in [0.5, 0.6) is 0 Å². The fourth-order valence-corrected chi connectivity index (χ4v) is 1.98. The highest BCUT2D eigenvalue weighted by Gasteiger charge is 2.22. The van der Waals surface area contributed by atoms with E-state index >= 15 is 0 Å². The lowest BCUT2D eigenvalue weighted by Crippen LogP contribution is -2.47. The van der Waals surface area contributed by atoms with Gasteiger partial charge in [0.15, 0.2) is 0 Å². The molecule has 0 rings (SSSR count). The maximum atomic E-state index is 10.7. The van der Waals surface area contributed by atoms with E-state index in [0.29, 0.717) is 17.6 Å². The van der Waals surface area contributed by atoms with Crippen LogP contribution < -0.4 is 5.73 Å². The smallest absolute Gasteiger partial charge is 0.103 e. The van der Waals surface area contributed by atoms with Crippen LogP contribution >= 0.6 is 0 Å². The van der Waals surface area contributed by atoms with Gasteiger partial charge < -0.3 is 14.8 Å². The SMILES string of the molecule is CC(C[N+](C)(C)CCCN)S(=O)(=O)[O-]. The summed E-state index contributed by atoms with van der Waals surface area (Å²) in [5, 5.41) is -0.838. The van der Waals surface area contributed by atoms with Crippen molar-refractivity contribution in [2.24, 2.45) is 5.73 Å². The average molecular weight is 224 g/mol. The Hall–Kier alpha value is -0.170. The summed E-state index contributed by atoms with van der Waals surface area (Å²) < 4.78 is 32.6. The lowest BCUT2D eigenvalue weighted by atomic mass is 10.3. The van der Waals surface area contributed by atoms with Crippen molar-refractivity contribution in [3.63, 3.8) is 0 Å². The minimum Gasteiger partial charge on any atom is -0.748 e. The van der Waals surface area contributed by atoms with Gasteiger partial charge in [0.2, 0.25) is 0 Å². The first-order chi connectivity index (χ1) is 6.19. The minimum absolute atomic E-state index is 0.339. The molecule has 0 aromatic rings. The zero-order chi connectivity index (χ0) is 11.4. The van der Waals surface area contributed by atoms with E-state index in [4.69, 9.17) is 5.73 Å². The van der Waals surface area contributed by atoms with Crippen molar-refractivity contribution in [2.75, 3.05) is 33.7 Å². The van der Waals surface area contributed by atoms with Crippen LogP contribution in [0.25, 0.3) is 0 Å². The van der Waals surface area contributed by atoms with E-state index in [1.165, 1.54) is 6.92 Å². The second kappa shape index (κ2) is 5.06. The number of quaternary nitrogens is 1. The Balaban J connectivity index is 4.22. The highest BCUT2D eigenvalue weighted by molar-refractivity contribution is 7.86. The van der Waals surface area contributed by atoms with Gasteiger partial charge in [0.1, 0.15) is 10.1 Å². The number of rotatable bonds is 6. The van der Waals surface area contributed by atoms with Gasteiger partial charge in [-0.25, -0.2) is 8.42 Å². The lowest BCUT2D eigenvalue weighted by molar-refractivity contribution is -0.889. The maximum absolute atomic E-state index is 10.7. The van der Waals surface area contributed by atoms with Crippen molar-refractivity contribution >= 4 is 10.1 Å². The molecule has 0 aliphatic carbocycles. The van der Waals surface area contributed by atoms with Gasteiger partial charge in [-0.3, -0.25) is 0 Å². The van der Waals surface area contributed by atoms with E-state index in [-0.39, 0.29) is 0 Å². The first-order valence-electron chi connectivity index (χ1n) is 4.66. The fraction of sp³-hybridized carbons (Fsp3) is 1.00. The fourth-order valence-electron chi connectivity index (χ4n) is 1.40. The first-order valence-corrected chi connectivity index (χ1v) is 6.13. The predicted octanol–water partition coefficient (Wildman–Crippen LogP) is -0.655. The summed E-state index contributed by atoms with van der Waals surface area (Å²) in [6.07, 6.45) is 0.832. The third-order valence-electron chi connectivity index (χ3n) is 2.21. The van der Waals surface area contributed by atoms with Crippen LogP contribution in [-0.4, -0.2) is 56.4 Å². The normalized spacial score (nSPS) is 15.5. The van der Waals surface area contributed by atoms with Crippen molar-refractivity contribution in [2.45, 2.75) is 18.6 Å². The molecule has 6 heteroatoms. The molecule has 0 aliphatic rings. The van der Waals surface area contributed by atoms with Crippen LogP contribution in [0.3, 0.4) is 0 Å². The average Bonchev–Trinajstić information content (AvgIpc) is 1.98. The van der Waals surface area contributed by atoms with Crippen LogP contribution in [0, 0.1) is 0 Å². The Morgan fingerprint density at radius 1 is 1.43 bits per heavy atom. The molecule has 0 spiro atoms. The van der Waals surface area contributed by atoms with Gasteiger partial charge >= 0.3 is 0 Å². The zero-order valence-electron chi connectivity index (χ0n) is 9.06. The van der Waals surface area contributed by atoms with E-state index < -0.39 is 15.4 Å². The third kappa shape index (κ3) is 5.54. The van der Waals surface area contributed by atoms with Crippen molar-refractivity contribution in [3.05, 3.63) is 0 Å². The standard InChI is InChI=1S/C8H20N2O3S/c1-8(14(11,12)13)7-10(2,3)6-4-5-9/h8H,4-7,9H2,1-3H3. The molecule has 5 nitrogen and oxygen atoms in total. The zero-order valence-corrected chi connectivity index (χ0v) is 9.88. The Bertz CT molecular complexity index is 262. The summed E-state index contributed by atoms with van der Waals surface area (Å²) in [6.45, 7) is 3.16. The Morgan fingerprint density at radius 3 is 2.29 bits per heavy atom. The largest absolute Gasteiger partial charge is 0.748 e. The molecule has 1 unspecified atom stereocenters. The Morgan fingerprint density at radius 2 is 1.93 bits per heavy atom.